The lowest BCUT2D eigenvalue weighted by Gasteiger charge is -2.25. The zero-order valence-electron chi connectivity index (χ0n) is 39.5. The van der Waals surface area contributed by atoms with Crippen LogP contribution in [0.25, 0.3) is 0 Å². The van der Waals surface area contributed by atoms with Gasteiger partial charge in [0.2, 0.25) is 20.0 Å². The summed E-state index contributed by atoms with van der Waals surface area (Å²) in [7, 11) is -7.17. The maximum Gasteiger partial charge on any atom is 0.213 e. The van der Waals surface area contributed by atoms with Crippen LogP contribution in [0.2, 0.25) is 0 Å². The van der Waals surface area contributed by atoms with Gasteiger partial charge in [-0.1, -0.05) is 104 Å². The number of unbranched alkanes of at least 4 members (excludes halogenated alkanes) is 14. The van der Waals surface area contributed by atoms with Gasteiger partial charge in [-0.2, -0.15) is 0 Å². The monoisotopic (exact) mass is 954 g/mol. The molecule has 0 amide bonds. The van der Waals surface area contributed by atoms with E-state index >= 15 is 0 Å². The Hall–Kier alpha value is -1.68. The van der Waals surface area contributed by atoms with Crippen LogP contribution in [-0.2, 0) is 53.2 Å². The van der Waals surface area contributed by atoms with Gasteiger partial charge in [-0.15, -0.1) is 0 Å². The molecule has 3 N–H and O–H groups in total. The summed E-state index contributed by atoms with van der Waals surface area (Å²) in [4.78, 5) is 1.78. The zero-order chi connectivity index (χ0) is 46.2. The first kappa shape index (κ1) is 58.4. The molecule has 1 fully saturated rings. The van der Waals surface area contributed by atoms with E-state index in [4.69, 9.17) is 37.9 Å². The molecule has 2 unspecified atom stereocenters. The number of benzene rings is 1. The van der Waals surface area contributed by atoms with Gasteiger partial charge < -0.3 is 47.9 Å². The van der Waals surface area contributed by atoms with Crippen LogP contribution in [0.4, 0.5) is 5.69 Å². The molecular formula is C46H87N3O13S2. The molecule has 16 nitrogen and oxygen atoms in total. The highest BCUT2D eigenvalue weighted by Crippen LogP contribution is 2.20. The number of hydrogen-bond acceptors (Lipinski definition) is 14. The Morgan fingerprint density at radius 2 is 1.02 bits per heavy atom. The average molecular weight is 954 g/mol. The van der Waals surface area contributed by atoms with Crippen molar-refractivity contribution in [2.45, 2.75) is 129 Å². The van der Waals surface area contributed by atoms with Crippen LogP contribution in [0.1, 0.15) is 117 Å². The van der Waals surface area contributed by atoms with E-state index in [1.807, 2.05) is 0 Å². The summed E-state index contributed by atoms with van der Waals surface area (Å²) >= 11 is 0. The molecular weight excluding hydrogens is 867 g/mol. The summed E-state index contributed by atoms with van der Waals surface area (Å²) in [5.74, 6) is 0.138. The van der Waals surface area contributed by atoms with Crippen molar-refractivity contribution in [2.75, 3.05) is 135 Å². The van der Waals surface area contributed by atoms with Crippen LogP contribution >= 0.6 is 0 Å². The Morgan fingerprint density at radius 1 is 0.594 bits per heavy atom. The number of rotatable bonds is 34. The first-order chi connectivity index (χ1) is 31.1. The molecule has 1 aliphatic rings. The Labute approximate surface area is 387 Å². The fraction of sp³-hybridized carbons (Fsp3) is 0.870. The van der Waals surface area contributed by atoms with Crippen molar-refractivity contribution in [3.63, 3.8) is 0 Å². The number of aliphatic hydroxyl groups is 1. The van der Waals surface area contributed by atoms with Crippen LogP contribution < -0.4 is 19.1 Å². The third-order valence-electron chi connectivity index (χ3n) is 10.6. The van der Waals surface area contributed by atoms with Gasteiger partial charge >= 0.3 is 0 Å². The van der Waals surface area contributed by atoms with Gasteiger partial charge in [0.1, 0.15) is 24.6 Å². The van der Waals surface area contributed by atoms with E-state index in [0.717, 1.165) is 38.5 Å². The summed E-state index contributed by atoms with van der Waals surface area (Å²) in [5.41, 5.74) is 0.662. The van der Waals surface area contributed by atoms with Crippen LogP contribution in [0, 0.1) is 0 Å². The second-order valence-electron chi connectivity index (χ2n) is 16.4. The minimum absolute atomic E-state index is 0.00574. The summed E-state index contributed by atoms with van der Waals surface area (Å²) in [6.07, 6.45) is 16.7. The molecule has 1 saturated heterocycles. The molecule has 0 aliphatic carbocycles. The molecule has 0 saturated carbocycles. The number of nitrogens with zero attached hydrogens (tertiary/aromatic N) is 1. The molecule has 0 radical (unpaired) electrons. The Bertz CT molecular complexity index is 1350. The standard InChI is InChI=1S/C46H87N3O13S2/c1-3-5-7-9-11-13-15-17-23-47-63(51,52)37-25-49(26-38-64(53,54)48-24-18-16-14-12-10-8-6-4-2)43-19-21-45(22-20-43)62-40-44(50)39-60-42-46-41-59-34-33-57-30-29-55-27-28-56-31-32-58-35-36-61-46/h19-22,44,46-48,50H,3-18,23-42H2,1-2H3. The van der Waals surface area contributed by atoms with E-state index in [0.29, 0.717) is 90.6 Å². The molecule has 1 aromatic carbocycles. The summed E-state index contributed by atoms with van der Waals surface area (Å²) < 4.78 is 103. The van der Waals surface area contributed by atoms with Crippen molar-refractivity contribution < 1.29 is 59.8 Å². The molecule has 1 heterocycles. The predicted molar refractivity (Wildman–Crippen MR) is 254 cm³/mol. The molecule has 2 rings (SSSR count). The second kappa shape index (κ2) is 39.3. The number of sulfonamides is 2. The van der Waals surface area contributed by atoms with E-state index in [2.05, 4.69) is 23.3 Å². The molecule has 376 valence electrons. The quantitative estimate of drug-likeness (QED) is 0.0698. The van der Waals surface area contributed by atoms with Crippen LogP contribution in [-0.4, -0.2) is 164 Å². The average Bonchev–Trinajstić information content (AvgIpc) is 3.28. The molecule has 64 heavy (non-hydrogen) atoms. The minimum Gasteiger partial charge on any atom is -0.491 e. The predicted octanol–water partition coefficient (Wildman–Crippen LogP) is 5.85. The lowest BCUT2D eigenvalue weighted by molar-refractivity contribution is -0.0932. The zero-order valence-corrected chi connectivity index (χ0v) is 41.2. The molecule has 18 heteroatoms. The van der Waals surface area contributed by atoms with Crippen LogP contribution in [0.3, 0.4) is 0 Å². The van der Waals surface area contributed by atoms with Crippen molar-refractivity contribution in [3.05, 3.63) is 24.3 Å². The summed E-state index contributed by atoms with van der Waals surface area (Å²) in [6, 6.07) is 6.98. The Morgan fingerprint density at radius 3 is 1.48 bits per heavy atom. The smallest absolute Gasteiger partial charge is 0.213 e. The molecule has 1 aromatic rings. The Balaban J connectivity index is 1.88. The maximum absolute atomic E-state index is 13.0. The van der Waals surface area contributed by atoms with Gasteiger partial charge in [0.25, 0.3) is 0 Å². The van der Waals surface area contributed by atoms with E-state index in [1.165, 1.54) is 64.2 Å². The highest BCUT2D eigenvalue weighted by molar-refractivity contribution is 7.89. The number of ether oxygens (including phenoxy) is 8. The van der Waals surface area contributed by atoms with E-state index < -0.39 is 26.2 Å². The summed E-state index contributed by atoms with van der Waals surface area (Å²) in [6.45, 7) is 10.2. The number of aliphatic hydroxyl groups excluding tert-OH is 1. The summed E-state index contributed by atoms with van der Waals surface area (Å²) in [5, 5.41) is 10.6. The largest absolute Gasteiger partial charge is 0.491 e. The van der Waals surface area contributed by atoms with Crippen molar-refractivity contribution in [1.29, 1.82) is 0 Å². The van der Waals surface area contributed by atoms with Gasteiger partial charge in [-0.25, -0.2) is 26.3 Å². The number of nitrogens with one attached hydrogen (secondary N) is 2. The SMILES string of the molecule is CCCCCCCCCCNS(=O)(=O)CCN(CCS(=O)(=O)NCCCCCCCCCC)c1ccc(OCC(O)COCC2COCCOCCOCCOCCOCCO2)cc1. The molecule has 2 atom stereocenters. The lowest BCUT2D eigenvalue weighted by atomic mass is 10.1. The van der Waals surface area contributed by atoms with Gasteiger partial charge in [-0.05, 0) is 37.1 Å². The van der Waals surface area contributed by atoms with Crippen molar-refractivity contribution in [1.82, 2.24) is 9.44 Å². The third-order valence-corrected chi connectivity index (χ3v) is 13.3. The highest BCUT2D eigenvalue weighted by atomic mass is 32.2. The van der Waals surface area contributed by atoms with Gasteiger partial charge in [0.15, 0.2) is 0 Å². The van der Waals surface area contributed by atoms with E-state index in [1.54, 1.807) is 29.2 Å². The van der Waals surface area contributed by atoms with E-state index in [-0.39, 0.29) is 57.1 Å². The van der Waals surface area contributed by atoms with Crippen LogP contribution in [0.5, 0.6) is 5.75 Å². The van der Waals surface area contributed by atoms with Gasteiger partial charge in [0.05, 0.1) is 97.4 Å². The van der Waals surface area contributed by atoms with E-state index in [9.17, 15) is 21.9 Å². The van der Waals surface area contributed by atoms with Crippen molar-refractivity contribution >= 4 is 25.7 Å². The number of hydrogen-bond donors (Lipinski definition) is 3. The molecule has 1 aliphatic heterocycles. The lowest BCUT2D eigenvalue weighted by Crippen LogP contribution is -2.39. The van der Waals surface area contributed by atoms with Gasteiger partial charge in [-0.3, -0.25) is 0 Å². The normalized spacial score (nSPS) is 17.4. The highest BCUT2D eigenvalue weighted by Gasteiger charge is 2.19. The number of anilines is 1. The first-order valence-corrected chi connectivity index (χ1v) is 27.6. The topological polar surface area (TPSA) is 190 Å². The molecule has 0 aromatic heterocycles. The maximum atomic E-state index is 13.0. The molecule has 0 spiro atoms. The van der Waals surface area contributed by atoms with Crippen LogP contribution in [0.15, 0.2) is 24.3 Å². The van der Waals surface area contributed by atoms with Crippen molar-refractivity contribution in [2.24, 2.45) is 0 Å². The van der Waals surface area contributed by atoms with Gasteiger partial charge in [0, 0.05) is 31.9 Å². The first-order valence-electron chi connectivity index (χ1n) is 24.3. The third kappa shape index (κ3) is 33.7. The fourth-order valence-electron chi connectivity index (χ4n) is 6.79. The minimum atomic E-state index is -3.59. The fourth-order valence-corrected chi connectivity index (χ4v) is 8.91. The second-order valence-corrected chi connectivity index (χ2v) is 20.2. The molecule has 0 bridgehead atoms. The Kier molecular flexibility index (Phi) is 35.9. The van der Waals surface area contributed by atoms with Crippen molar-refractivity contribution in [3.8, 4) is 5.75 Å².